The topological polar surface area (TPSA) is 52.0 Å². The number of rotatable bonds is 5. The van der Waals surface area contributed by atoms with Gasteiger partial charge in [-0.05, 0) is 31.5 Å². The van der Waals surface area contributed by atoms with Crippen molar-refractivity contribution in [2.45, 2.75) is 25.3 Å². The van der Waals surface area contributed by atoms with Crippen LogP contribution in [0.2, 0.25) is 5.02 Å². The van der Waals surface area contributed by atoms with Crippen molar-refractivity contribution in [3.05, 3.63) is 34.4 Å². The van der Waals surface area contributed by atoms with Crippen molar-refractivity contribution in [2.24, 2.45) is 11.5 Å². The van der Waals surface area contributed by atoms with Crippen molar-refractivity contribution in [1.82, 2.24) is 0 Å². The van der Waals surface area contributed by atoms with E-state index in [9.17, 15) is 8.78 Å². The van der Waals surface area contributed by atoms with Crippen molar-refractivity contribution in [3.63, 3.8) is 0 Å². The Morgan fingerprint density at radius 2 is 1.71 bits per heavy atom. The molecule has 1 aromatic rings. The normalized spacial score (nSPS) is 12.1. The van der Waals surface area contributed by atoms with Crippen LogP contribution in [0.25, 0.3) is 0 Å². The molecule has 0 aromatic heterocycles. The molecule has 6 heteroatoms. The van der Waals surface area contributed by atoms with Crippen LogP contribution in [0, 0.1) is 11.6 Å². The lowest BCUT2D eigenvalue weighted by molar-refractivity contribution is 0.500. The SMILES string of the molecule is Cl.NCCCC[C@@H](N)c1c(F)cc(Cl)cc1F. The summed E-state index contributed by atoms with van der Waals surface area (Å²) in [4.78, 5) is 0. The summed E-state index contributed by atoms with van der Waals surface area (Å²) < 4.78 is 26.9. The van der Waals surface area contributed by atoms with E-state index in [0.717, 1.165) is 25.0 Å². The van der Waals surface area contributed by atoms with Gasteiger partial charge in [0.25, 0.3) is 0 Å². The minimum atomic E-state index is -0.690. The fourth-order valence-electron chi connectivity index (χ4n) is 1.56. The van der Waals surface area contributed by atoms with Crippen LogP contribution in [-0.4, -0.2) is 6.54 Å². The molecule has 1 atom stereocenters. The van der Waals surface area contributed by atoms with Crippen molar-refractivity contribution >= 4 is 24.0 Å². The van der Waals surface area contributed by atoms with Crippen LogP contribution in [0.3, 0.4) is 0 Å². The van der Waals surface area contributed by atoms with E-state index in [1.54, 1.807) is 0 Å². The van der Waals surface area contributed by atoms with Gasteiger partial charge >= 0.3 is 0 Å². The highest BCUT2D eigenvalue weighted by Gasteiger charge is 2.17. The summed E-state index contributed by atoms with van der Waals surface area (Å²) in [6, 6.07) is 1.50. The Kier molecular flexibility index (Phi) is 7.63. The molecule has 0 aliphatic heterocycles. The molecule has 0 saturated heterocycles. The van der Waals surface area contributed by atoms with Gasteiger partial charge in [-0.3, -0.25) is 0 Å². The maximum absolute atomic E-state index is 13.4. The Labute approximate surface area is 111 Å². The Hall–Kier alpha value is -0.420. The van der Waals surface area contributed by atoms with Crippen molar-refractivity contribution < 1.29 is 8.78 Å². The molecular weight excluding hydrogens is 269 g/mol. The zero-order chi connectivity index (χ0) is 12.1. The van der Waals surface area contributed by atoms with Gasteiger partial charge in [0.1, 0.15) is 11.6 Å². The first-order valence-corrected chi connectivity index (χ1v) is 5.54. The van der Waals surface area contributed by atoms with Crippen molar-refractivity contribution in [1.29, 1.82) is 0 Å². The molecule has 2 nitrogen and oxygen atoms in total. The molecule has 0 saturated carbocycles. The van der Waals surface area contributed by atoms with Gasteiger partial charge in [0.2, 0.25) is 0 Å². The third-order valence-corrected chi connectivity index (χ3v) is 2.60. The molecule has 0 aliphatic rings. The Balaban J connectivity index is 0.00000256. The minimum Gasteiger partial charge on any atom is -0.330 e. The fourth-order valence-corrected chi connectivity index (χ4v) is 1.75. The Morgan fingerprint density at radius 3 is 2.18 bits per heavy atom. The molecule has 0 bridgehead atoms. The molecule has 0 aliphatic carbocycles. The predicted octanol–water partition coefficient (Wildman–Crippen LogP) is 3.17. The quantitative estimate of drug-likeness (QED) is 0.816. The summed E-state index contributed by atoms with van der Waals surface area (Å²) in [5, 5.41) is 0.0351. The van der Waals surface area contributed by atoms with Crippen LogP contribution in [0.1, 0.15) is 30.9 Å². The molecule has 1 aromatic carbocycles. The highest BCUT2D eigenvalue weighted by Crippen LogP contribution is 2.26. The third-order valence-electron chi connectivity index (χ3n) is 2.38. The molecule has 17 heavy (non-hydrogen) atoms. The van der Waals surface area contributed by atoms with E-state index in [4.69, 9.17) is 23.1 Å². The van der Waals surface area contributed by atoms with E-state index >= 15 is 0 Å². The van der Waals surface area contributed by atoms with E-state index in [-0.39, 0.29) is 23.0 Å². The van der Waals surface area contributed by atoms with E-state index in [0.29, 0.717) is 13.0 Å². The zero-order valence-corrected chi connectivity index (χ0v) is 10.8. The summed E-state index contributed by atoms with van der Waals surface area (Å²) in [5.41, 5.74) is 11.0. The van der Waals surface area contributed by atoms with E-state index in [2.05, 4.69) is 0 Å². The molecule has 0 fully saturated rings. The molecule has 4 N–H and O–H groups in total. The predicted molar refractivity (Wildman–Crippen MR) is 68.4 cm³/mol. The van der Waals surface area contributed by atoms with Gasteiger partial charge in [-0.15, -0.1) is 12.4 Å². The second-order valence-electron chi connectivity index (χ2n) is 3.67. The first-order chi connectivity index (χ1) is 7.56. The second kappa shape index (κ2) is 7.82. The molecule has 98 valence electrons. The summed E-state index contributed by atoms with van der Waals surface area (Å²) in [5.74, 6) is -1.38. The lowest BCUT2D eigenvalue weighted by Gasteiger charge is -2.13. The lowest BCUT2D eigenvalue weighted by atomic mass is 10.0. The molecule has 0 amide bonds. The molecule has 0 heterocycles. The summed E-state index contributed by atoms with van der Waals surface area (Å²) in [7, 11) is 0. The lowest BCUT2D eigenvalue weighted by Crippen LogP contribution is -2.15. The molecule has 0 spiro atoms. The van der Waals surface area contributed by atoms with Crippen LogP contribution < -0.4 is 11.5 Å². The van der Waals surface area contributed by atoms with Gasteiger partial charge < -0.3 is 11.5 Å². The van der Waals surface area contributed by atoms with E-state index in [1.165, 1.54) is 0 Å². The van der Waals surface area contributed by atoms with Crippen LogP contribution in [0.4, 0.5) is 8.78 Å². The third kappa shape index (κ3) is 4.76. The van der Waals surface area contributed by atoms with Gasteiger partial charge in [-0.25, -0.2) is 8.78 Å². The molecular formula is C11H16Cl2F2N2. The van der Waals surface area contributed by atoms with Gasteiger partial charge in [0.15, 0.2) is 0 Å². The second-order valence-corrected chi connectivity index (χ2v) is 4.11. The van der Waals surface area contributed by atoms with Crippen LogP contribution in [0.5, 0.6) is 0 Å². The largest absolute Gasteiger partial charge is 0.330 e. The number of hydrogen-bond donors (Lipinski definition) is 2. The highest BCUT2D eigenvalue weighted by molar-refractivity contribution is 6.30. The monoisotopic (exact) mass is 284 g/mol. The van der Waals surface area contributed by atoms with Crippen molar-refractivity contribution in [2.75, 3.05) is 6.54 Å². The summed E-state index contributed by atoms with van der Waals surface area (Å²) in [6.07, 6.45) is 2.05. The van der Waals surface area contributed by atoms with Gasteiger partial charge in [0, 0.05) is 16.6 Å². The van der Waals surface area contributed by atoms with Crippen LogP contribution in [-0.2, 0) is 0 Å². The van der Waals surface area contributed by atoms with Gasteiger partial charge in [-0.2, -0.15) is 0 Å². The summed E-state index contributed by atoms with van der Waals surface area (Å²) in [6.45, 7) is 0.554. The maximum atomic E-state index is 13.4. The average Bonchev–Trinajstić information content (AvgIpc) is 2.16. The zero-order valence-electron chi connectivity index (χ0n) is 9.26. The average molecular weight is 285 g/mol. The minimum absolute atomic E-state index is 0. The first-order valence-electron chi connectivity index (χ1n) is 5.16. The smallest absolute Gasteiger partial charge is 0.132 e. The van der Waals surface area contributed by atoms with Gasteiger partial charge in [-0.1, -0.05) is 18.0 Å². The van der Waals surface area contributed by atoms with Crippen LogP contribution in [0.15, 0.2) is 12.1 Å². The van der Waals surface area contributed by atoms with Crippen molar-refractivity contribution in [3.8, 4) is 0 Å². The molecule has 0 radical (unpaired) electrons. The number of halogens is 4. The number of benzene rings is 1. The molecule has 0 unspecified atom stereocenters. The Bertz CT molecular complexity index is 338. The molecule has 1 rings (SSSR count). The number of unbranched alkanes of at least 4 members (excludes halogenated alkanes) is 1. The fraction of sp³-hybridized carbons (Fsp3) is 0.455. The summed E-state index contributed by atoms with van der Waals surface area (Å²) >= 11 is 5.52. The maximum Gasteiger partial charge on any atom is 0.132 e. The van der Waals surface area contributed by atoms with Gasteiger partial charge in [0.05, 0.1) is 0 Å². The standard InChI is InChI=1S/C11H15ClF2N2.ClH/c12-7-5-8(13)11(9(14)6-7)10(16)3-1-2-4-15;/h5-6,10H,1-4,15-16H2;1H/t10-;/m1./s1. The van der Waals surface area contributed by atoms with Crippen LogP contribution >= 0.6 is 24.0 Å². The number of hydrogen-bond acceptors (Lipinski definition) is 2. The highest BCUT2D eigenvalue weighted by atomic mass is 35.5. The first kappa shape index (κ1) is 16.6. The Morgan fingerprint density at radius 1 is 1.18 bits per heavy atom. The van der Waals surface area contributed by atoms with E-state index in [1.807, 2.05) is 0 Å². The number of nitrogens with two attached hydrogens (primary N) is 2. The van der Waals surface area contributed by atoms with E-state index < -0.39 is 17.7 Å².